The van der Waals surface area contributed by atoms with Crippen LogP contribution in [0.1, 0.15) is 47.0 Å². The zero-order valence-electron chi connectivity index (χ0n) is 14.1. The molecule has 1 unspecified atom stereocenters. The zero-order valence-corrected chi connectivity index (χ0v) is 14.1. The molecule has 0 aromatic carbocycles. The van der Waals surface area contributed by atoms with Gasteiger partial charge in [0, 0.05) is 25.7 Å². The van der Waals surface area contributed by atoms with Crippen LogP contribution in [-0.2, 0) is 0 Å². The van der Waals surface area contributed by atoms with Crippen molar-refractivity contribution in [2.24, 2.45) is 11.8 Å². The van der Waals surface area contributed by atoms with Crippen LogP contribution in [0.2, 0.25) is 0 Å². The SMILES string of the molecule is CC(C)CC(O)CNC(=O)NC[C@@H]1CCCN1CC(C)C. The average Bonchev–Trinajstić information content (AvgIpc) is 2.79. The molecule has 1 rings (SSSR count). The molecule has 1 heterocycles. The Morgan fingerprint density at radius 1 is 1.24 bits per heavy atom. The number of likely N-dealkylation sites (tertiary alicyclic amines) is 1. The van der Waals surface area contributed by atoms with E-state index in [0.29, 0.717) is 37.4 Å². The first kappa shape index (κ1) is 18.2. The van der Waals surface area contributed by atoms with Crippen molar-refractivity contribution < 1.29 is 9.90 Å². The molecule has 1 fully saturated rings. The minimum atomic E-state index is -0.459. The molecule has 0 aromatic heterocycles. The van der Waals surface area contributed by atoms with Gasteiger partial charge in [-0.1, -0.05) is 27.7 Å². The number of hydrogen-bond donors (Lipinski definition) is 3. The minimum Gasteiger partial charge on any atom is -0.391 e. The summed E-state index contributed by atoms with van der Waals surface area (Å²) in [7, 11) is 0. The van der Waals surface area contributed by atoms with Crippen LogP contribution in [0.15, 0.2) is 0 Å². The summed E-state index contributed by atoms with van der Waals surface area (Å²) in [5, 5.41) is 15.4. The lowest BCUT2D eigenvalue weighted by Crippen LogP contribution is -2.46. The van der Waals surface area contributed by atoms with E-state index in [9.17, 15) is 9.90 Å². The fourth-order valence-corrected chi connectivity index (χ4v) is 2.95. The Bertz CT molecular complexity index is 308. The van der Waals surface area contributed by atoms with Crippen LogP contribution in [0.4, 0.5) is 4.79 Å². The van der Waals surface area contributed by atoms with E-state index in [4.69, 9.17) is 0 Å². The first-order valence-electron chi connectivity index (χ1n) is 8.32. The predicted molar refractivity (Wildman–Crippen MR) is 86.3 cm³/mol. The molecule has 1 saturated heterocycles. The van der Waals surface area contributed by atoms with Crippen LogP contribution in [-0.4, -0.2) is 54.4 Å². The topological polar surface area (TPSA) is 64.6 Å². The molecule has 21 heavy (non-hydrogen) atoms. The summed E-state index contributed by atoms with van der Waals surface area (Å²) >= 11 is 0. The number of nitrogens with one attached hydrogen (secondary N) is 2. The molecule has 1 aliphatic heterocycles. The maximum absolute atomic E-state index is 11.8. The number of amides is 2. The van der Waals surface area contributed by atoms with E-state index < -0.39 is 6.10 Å². The molecule has 3 N–H and O–H groups in total. The Kier molecular flexibility index (Phi) is 8.04. The Balaban J connectivity index is 2.20. The van der Waals surface area contributed by atoms with Gasteiger partial charge in [-0.25, -0.2) is 4.79 Å². The van der Waals surface area contributed by atoms with Gasteiger partial charge in [-0.2, -0.15) is 0 Å². The van der Waals surface area contributed by atoms with E-state index in [1.807, 2.05) is 0 Å². The van der Waals surface area contributed by atoms with Gasteiger partial charge in [0.25, 0.3) is 0 Å². The molecule has 5 nitrogen and oxygen atoms in total. The van der Waals surface area contributed by atoms with Gasteiger partial charge in [-0.05, 0) is 37.6 Å². The van der Waals surface area contributed by atoms with Crippen molar-refractivity contribution >= 4 is 6.03 Å². The molecule has 0 aromatic rings. The van der Waals surface area contributed by atoms with Gasteiger partial charge >= 0.3 is 6.03 Å². The van der Waals surface area contributed by atoms with Gasteiger partial charge in [0.15, 0.2) is 0 Å². The van der Waals surface area contributed by atoms with E-state index in [0.717, 1.165) is 19.5 Å². The van der Waals surface area contributed by atoms with Crippen LogP contribution in [0, 0.1) is 11.8 Å². The van der Waals surface area contributed by atoms with E-state index in [-0.39, 0.29) is 6.03 Å². The third-order valence-corrected chi connectivity index (χ3v) is 3.84. The standard InChI is InChI=1S/C16H33N3O2/c1-12(2)8-15(20)10-18-16(21)17-9-14-6-5-7-19(14)11-13(3)4/h12-15,20H,5-11H2,1-4H3,(H2,17,18,21)/t14-,15?/m0/s1. The normalized spacial score (nSPS) is 21.0. The number of hydrogen-bond acceptors (Lipinski definition) is 3. The van der Waals surface area contributed by atoms with Crippen molar-refractivity contribution in [1.29, 1.82) is 0 Å². The molecular formula is C16H33N3O2. The van der Waals surface area contributed by atoms with E-state index >= 15 is 0 Å². The van der Waals surface area contributed by atoms with Crippen LogP contribution in [0.3, 0.4) is 0 Å². The highest BCUT2D eigenvalue weighted by Crippen LogP contribution is 2.17. The summed E-state index contributed by atoms with van der Waals surface area (Å²) in [6.07, 6.45) is 2.63. The third-order valence-electron chi connectivity index (χ3n) is 3.84. The highest BCUT2D eigenvalue weighted by Gasteiger charge is 2.25. The smallest absolute Gasteiger partial charge is 0.314 e. The predicted octanol–water partition coefficient (Wildman–Crippen LogP) is 1.81. The molecule has 0 saturated carbocycles. The van der Waals surface area contributed by atoms with Gasteiger partial charge in [0.1, 0.15) is 0 Å². The lowest BCUT2D eigenvalue weighted by molar-refractivity contribution is 0.146. The lowest BCUT2D eigenvalue weighted by Gasteiger charge is -2.26. The maximum Gasteiger partial charge on any atom is 0.314 e. The van der Waals surface area contributed by atoms with Crippen molar-refractivity contribution in [2.45, 2.75) is 59.1 Å². The van der Waals surface area contributed by atoms with Gasteiger partial charge in [-0.3, -0.25) is 4.90 Å². The maximum atomic E-state index is 11.8. The summed E-state index contributed by atoms with van der Waals surface area (Å²) in [6.45, 7) is 11.8. The van der Waals surface area contributed by atoms with Crippen LogP contribution < -0.4 is 10.6 Å². The van der Waals surface area contributed by atoms with Gasteiger partial charge in [-0.15, -0.1) is 0 Å². The molecule has 0 bridgehead atoms. The Hall–Kier alpha value is -0.810. The number of urea groups is 1. The second-order valence-electron chi connectivity index (χ2n) is 7.06. The Morgan fingerprint density at radius 2 is 1.95 bits per heavy atom. The Morgan fingerprint density at radius 3 is 2.57 bits per heavy atom. The zero-order chi connectivity index (χ0) is 15.8. The van der Waals surface area contributed by atoms with Crippen molar-refractivity contribution in [1.82, 2.24) is 15.5 Å². The second kappa shape index (κ2) is 9.26. The van der Waals surface area contributed by atoms with Crippen LogP contribution in [0.25, 0.3) is 0 Å². The molecule has 0 aliphatic carbocycles. The molecular weight excluding hydrogens is 266 g/mol. The summed E-state index contributed by atoms with van der Waals surface area (Å²) in [6, 6.07) is 0.285. The number of aliphatic hydroxyl groups excluding tert-OH is 1. The highest BCUT2D eigenvalue weighted by atomic mass is 16.3. The van der Waals surface area contributed by atoms with E-state index in [1.54, 1.807) is 0 Å². The van der Waals surface area contributed by atoms with Crippen molar-refractivity contribution in [3.63, 3.8) is 0 Å². The van der Waals surface area contributed by atoms with Gasteiger partial charge in [0.2, 0.25) is 0 Å². The number of aliphatic hydroxyl groups is 1. The molecule has 1 aliphatic rings. The molecule has 5 heteroatoms. The van der Waals surface area contributed by atoms with Crippen molar-refractivity contribution in [3.05, 3.63) is 0 Å². The fraction of sp³-hybridized carbons (Fsp3) is 0.938. The van der Waals surface area contributed by atoms with Crippen molar-refractivity contribution in [3.8, 4) is 0 Å². The summed E-state index contributed by atoms with van der Waals surface area (Å²) in [5.41, 5.74) is 0. The van der Waals surface area contributed by atoms with Gasteiger partial charge in [0.05, 0.1) is 6.10 Å². The lowest BCUT2D eigenvalue weighted by atomic mass is 10.1. The number of carbonyl (C=O) groups excluding carboxylic acids is 1. The van der Waals surface area contributed by atoms with E-state index in [2.05, 4.69) is 43.2 Å². The van der Waals surface area contributed by atoms with Crippen LogP contribution >= 0.6 is 0 Å². The molecule has 2 atom stereocenters. The quantitative estimate of drug-likeness (QED) is 0.640. The number of nitrogens with zero attached hydrogens (tertiary/aromatic N) is 1. The first-order valence-corrected chi connectivity index (χ1v) is 8.32. The third kappa shape index (κ3) is 7.67. The second-order valence-corrected chi connectivity index (χ2v) is 7.06. The fourth-order valence-electron chi connectivity index (χ4n) is 2.95. The summed E-state index contributed by atoms with van der Waals surface area (Å²) < 4.78 is 0. The Labute approximate surface area is 129 Å². The summed E-state index contributed by atoms with van der Waals surface area (Å²) in [5.74, 6) is 1.10. The van der Waals surface area contributed by atoms with E-state index in [1.165, 1.54) is 6.42 Å². The number of rotatable bonds is 8. The van der Waals surface area contributed by atoms with Crippen molar-refractivity contribution in [2.75, 3.05) is 26.2 Å². The molecule has 124 valence electrons. The minimum absolute atomic E-state index is 0.172. The first-order chi connectivity index (χ1) is 9.88. The average molecular weight is 299 g/mol. The summed E-state index contributed by atoms with van der Waals surface area (Å²) in [4.78, 5) is 14.2. The molecule has 0 radical (unpaired) electrons. The largest absolute Gasteiger partial charge is 0.391 e. The molecule has 2 amide bonds. The highest BCUT2D eigenvalue weighted by molar-refractivity contribution is 5.73. The monoisotopic (exact) mass is 299 g/mol. The van der Waals surface area contributed by atoms with Crippen LogP contribution in [0.5, 0.6) is 0 Å². The number of carbonyl (C=O) groups is 1. The van der Waals surface area contributed by atoms with Gasteiger partial charge < -0.3 is 15.7 Å². The molecule has 0 spiro atoms.